The van der Waals surface area contributed by atoms with Crippen LogP contribution in [0.5, 0.6) is 11.5 Å². The fourth-order valence-corrected chi connectivity index (χ4v) is 4.52. The molecule has 1 aliphatic heterocycles. The van der Waals surface area contributed by atoms with E-state index < -0.39 is 9.84 Å². The van der Waals surface area contributed by atoms with Gasteiger partial charge >= 0.3 is 0 Å². The fraction of sp³-hybridized carbons (Fsp3) is 0.278. The van der Waals surface area contributed by atoms with Crippen molar-refractivity contribution in [3.05, 3.63) is 54.1 Å². The zero-order valence-electron chi connectivity index (χ0n) is 13.9. The summed E-state index contributed by atoms with van der Waals surface area (Å²) >= 11 is 0. The van der Waals surface area contributed by atoms with Crippen LogP contribution in [0.3, 0.4) is 0 Å². The third-order valence-corrected chi connectivity index (χ3v) is 5.86. The largest absolute Gasteiger partial charge is 0.504 e. The number of ether oxygens (including phenoxy) is 1. The molecule has 0 unspecified atom stereocenters. The van der Waals surface area contributed by atoms with E-state index in [0.717, 1.165) is 11.3 Å². The maximum Gasteiger partial charge on any atom is 0.161 e. The number of hydrogen-bond acceptors (Lipinski definition) is 6. The summed E-state index contributed by atoms with van der Waals surface area (Å²) in [6, 6.07) is 14.2. The SMILES string of the molecule is COc1cc(/C=N/N(c2ccccc2)[C@@H]2CCS(=O)(=O)C2)ccc1O. The van der Waals surface area contributed by atoms with Crippen molar-refractivity contribution in [2.24, 2.45) is 5.10 Å². The third kappa shape index (κ3) is 4.11. The summed E-state index contributed by atoms with van der Waals surface area (Å²) in [5.41, 5.74) is 1.59. The number of methoxy groups -OCH3 is 1. The average molecular weight is 360 g/mol. The topological polar surface area (TPSA) is 79.2 Å². The number of phenols is 1. The number of nitrogens with zero attached hydrogens (tertiary/aromatic N) is 2. The Hall–Kier alpha value is -2.54. The molecule has 2 aromatic rings. The Morgan fingerprint density at radius 2 is 2.00 bits per heavy atom. The predicted octanol–water partition coefficient (Wildman–Crippen LogP) is 2.43. The quantitative estimate of drug-likeness (QED) is 0.654. The Labute approximate surface area is 147 Å². The highest BCUT2D eigenvalue weighted by Crippen LogP contribution is 2.27. The van der Waals surface area contributed by atoms with Crippen molar-refractivity contribution in [2.75, 3.05) is 23.6 Å². The van der Waals surface area contributed by atoms with Gasteiger partial charge in [0.2, 0.25) is 0 Å². The molecule has 0 amide bonds. The van der Waals surface area contributed by atoms with Crippen LogP contribution in [-0.4, -0.2) is 44.4 Å². The minimum atomic E-state index is -3.02. The van der Waals surface area contributed by atoms with Gasteiger partial charge in [-0.05, 0) is 42.3 Å². The van der Waals surface area contributed by atoms with Gasteiger partial charge < -0.3 is 9.84 Å². The minimum Gasteiger partial charge on any atom is -0.504 e. The Bertz CT molecular complexity index is 866. The number of rotatable bonds is 5. The average Bonchev–Trinajstić information content (AvgIpc) is 2.97. The molecule has 1 N–H and O–H groups in total. The first-order chi connectivity index (χ1) is 12.0. The van der Waals surface area contributed by atoms with Crippen molar-refractivity contribution in [1.82, 2.24) is 0 Å². The van der Waals surface area contributed by atoms with Crippen molar-refractivity contribution < 1.29 is 18.3 Å². The van der Waals surface area contributed by atoms with E-state index in [4.69, 9.17) is 4.74 Å². The Morgan fingerprint density at radius 1 is 1.24 bits per heavy atom. The van der Waals surface area contributed by atoms with Gasteiger partial charge in [0.15, 0.2) is 21.3 Å². The number of benzene rings is 2. The zero-order valence-corrected chi connectivity index (χ0v) is 14.7. The molecule has 0 aromatic heterocycles. The van der Waals surface area contributed by atoms with Crippen LogP contribution in [-0.2, 0) is 9.84 Å². The van der Waals surface area contributed by atoms with E-state index in [1.54, 1.807) is 23.4 Å². The molecule has 1 atom stereocenters. The van der Waals surface area contributed by atoms with Crippen LogP contribution in [0, 0.1) is 0 Å². The van der Waals surface area contributed by atoms with Crippen LogP contribution in [0.2, 0.25) is 0 Å². The first kappa shape index (κ1) is 17.3. The molecule has 0 radical (unpaired) electrons. The molecule has 0 aliphatic carbocycles. The van der Waals surface area contributed by atoms with Crippen LogP contribution < -0.4 is 9.75 Å². The summed E-state index contributed by atoms with van der Waals surface area (Å²) in [6.07, 6.45) is 2.19. The standard InChI is InChI=1S/C18H20N2O4S/c1-24-18-11-14(7-8-17(18)21)12-19-20(15-5-3-2-4-6-15)16-9-10-25(22,23)13-16/h2-8,11-12,16,21H,9-10,13H2,1H3/b19-12+/t16-/m1/s1. The molecule has 7 heteroatoms. The molecule has 0 saturated carbocycles. The van der Waals surface area contributed by atoms with E-state index in [-0.39, 0.29) is 23.3 Å². The van der Waals surface area contributed by atoms with E-state index >= 15 is 0 Å². The summed E-state index contributed by atoms with van der Waals surface area (Å²) in [7, 11) is -1.53. The maximum absolute atomic E-state index is 11.8. The lowest BCUT2D eigenvalue weighted by atomic mass is 10.2. The second kappa shape index (κ2) is 7.14. The van der Waals surface area contributed by atoms with Gasteiger partial charge in [-0.25, -0.2) is 8.42 Å². The summed E-state index contributed by atoms with van der Waals surface area (Å²) < 4.78 is 28.8. The molecule has 132 valence electrons. The molecule has 6 nitrogen and oxygen atoms in total. The lowest BCUT2D eigenvalue weighted by Gasteiger charge is -2.25. The number of hydrazone groups is 1. The zero-order chi connectivity index (χ0) is 17.9. The highest BCUT2D eigenvalue weighted by molar-refractivity contribution is 7.91. The number of aromatic hydroxyl groups is 1. The number of anilines is 1. The van der Waals surface area contributed by atoms with Crippen LogP contribution >= 0.6 is 0 Å². The van der Waals surface area contributed by atoms with Gasteiger partial charge in [-0.2, -0.15) is 5.10 Å². The lowest BCUT2D eigenvalue weighted by molar-refractivity contribution is 0.373. The number of sulfone groups is 1. The summed E-state index contributed by atoms with van der Waals surface area (Å²) in [4.78, 5) is 0. The summed E-state index contributed by atoms with van der Waals surface area (Å²) in [5.74, 6) is 0.696. The summed E-state index contributed by atoms with van der Waals surface area (Å²) in [5, 5.41) is 16.0. The molecule has 1 heterocycles. The molecular formula is C18H20N2O4S. The highest BCUT2D eigenvalue weighted by atomic mass is 32.2. The molecule has 3 rings (SSSR count). The number of para-hydroxylation sites is 1. The molecule has 1 fully saturated rings. The van der Waals surface area contributed by atoms with Gasteiger partial charge in [-0.1, -0.05) is 18.2 Å². The number of phenolic OH excluding ortho intramolecular Hbond substituents is 1. The van der Waals surface area contributed by atoms with E-state index in [0.29, 0.717) is 12.2 Å². The second-order valence-corrected chi connectivity index (χ2v) is 8.14. The minimum absolute atomic E-state index is 0.0569. The smallest absolute Gasteiger partial charge is 0.161 e. The van der Waals surface area contributed by atoms with Crippen LogP contribution in [0.15, 0.2) is 53.6 Å². The summed E-state index contributed by atoms with van der Waals surface area (Å²) in [6.45, 7) is 0. The third-order valence-electron chi connectivity index (χ3n) is 4.11. The van der Waals surface area contributed by atoms with E-state index in [9.17, 15) is 13.5 Å². The van der Waals surface area contributed by atoms with E-state index in [2.05, 4.69) is 5.10 Å². The monoisotopic (exact) mass is 360 g/mol. The predicted molar refractivity (Wildman–Crippen MR) is 98.2 cm³/mol. The van der Waals surface area contributed by atoms with Crippen molar-refractivity contribution in [1.29, 1.82) is 0 Å². The van der Waals surface area contributed by atoms with Gasteiger partial charge in [0.05, 0.1) is 36.6 Å². The van der Waals surface area contributed by atoms with Gasteiger partial charge in [0.1, 0.15) is 0 Å². The molecule has 0 spiro atoms. The van der Waals surface area contributed by atoms with Gasteiger partial charge in [0, 0.05) is 0 Å². The second-order valence-electron chi connectivity index (χ2n) is 5.91. The fourth-order valence-electron chi connectivity index (χ4n) is 2.82. The van der Waals surface area contributed by atoms with Gasteiger partial charge in [-0.3, -0.25) is 5.01 Å². The van der Waals surface area contributed by atoms with Crippen molar-refractivity contribution in [3.8, 4) is 11.5 Å². The highest BCUT2D eigenvalue weighted by Gasteiger charge is 2.32. The Morgan fingerprint density at radius 3 is 2.64 bits per heavy atom. The molecule has 1 saturated heterocycles. The van der Waals surface area contributed by atoms with Gasteiger partial charge in [-0.15, -0.1) is 0 Å². The van der Waals surface area contributed by atoms with E-state index in [1.807, 2.05) is 30.3 Å². The first-order valence-corrected chi connectivity index (χ1v) is 9.76. The Kier molecular flexibility index (Phi) is 4.94. The molecular weight excluding hydrogens is 340 g/mol. The van der Waals surface area contributed by atoms with Crippen LogP contribution in [0.4, 0.5) is 5.69 Å². The first-order valence-electron chi connectivity index (χ1n) is 7.94. The molecule has 2 aromatic carbocycles. The van der Waals surface area contributed by atoms with Crippen LogP contribution in [0.1, 0.15) is 12.0 Å². The van der Waals surface area contributed by atoms with Crippen molar-refractivity contribution in [3.63, 3.8) is 0 Å². The molecule has 1 aliphatic rings. The lowest BCUT2D eigenvalue weighted by Crippen LogP contribution is -2.31. The van der Waals surface area contributed by atoms with Crippen LogP contribution in [0.25, 0.3) is 0 Å². The molecule has 0 bridgehead atoms. The number of hydrogen-bond donors (Lipinski definition) is 1. The van der Waals surface area contributed by atoms with Crippen molar-refractivity contribution in [2.45, 2.75) is 12.5 Å². The van der Waals surface area contributed by atoms with E-state index in [1.165, 1.54) is 13.2 Å². The normalized spacial score (nSPS) is 19.2. The Balaban J connectivity index is 1.90. The van der Waals surface area contributed by atoms with Gasteiger partial charge in [0.25, 0.3) is 0 Å². The maximum atomic E-state index is 11.8. The van der Waals surface area contributed by atoms with Crippen molar-refractivity contribution >= 4 is 21.7 Å². The molecule has 25 heavy (non-hydrogen) atoms.